The molecule has 1 unspecified atom stereocenters. The minimum absolute atomic E-state index is 0.0667. The smallest absolute Gasteiger partial charge is 0.326 e. The van der Waals surface area contributed by atoms with Gasteiger partial charge in [-0.25, -0.2) is 0 Å². The number of aromatic nitrogens is 2. The second-order valence-electron chi connectivity index (χ2n) is 4.01. The Kier molecular flexibility index (Phi) is 3.13. The Morgan fingerprint density at radius 1 is 1.47 bits per heavy atom. The first-order valence-corrected chi connectivity index (χ1v) is 6.17. The summed E-state index contributed by atoms with van der Waals surface area (Å²) in [7, 11) is 0. The summed E-state index contributed by atoms with van der Waals surface area (Å²) in [6.07, 6.45) is -1.62. The largest absolute Gasteiger partial charge is 0.505 e. The van der Waals surface area contributed by atoms with Crippen LogP contribution >= 0.6 is 22.6 Å². The van der Waals surface area contributed by atoms with Gasteiger partial charge in [-0.15, -0.1) is 18.3 Å². The van der Waals surface area contributed by atoms with Gasteiger partial charge in [-0.05, 0) is 42.9 Å². The average Bonchev–Trinajstić information content (AvgIpc) is 2.69. The lowest BCUT2D eigenvalue weighted by Gasteiger charge is -2.23. The monoisotopic (exact) mass is 357 g/mol. The average molecular weight is 357 g/mol. The van der Waals surface area contributed by atoms with Crippen molar-refractivity contribution in [2.45, 2.75) is 32.6 Å². The van der Waals surface area contributed by atoms with Crippen molar-refractivity contribution in [3.63, 3.8) is 0 Å². The van der Waals surface area contributed by atoms with Crippen LogP contribution in [-0.2, 0) is 6.30 Å². The van der Waals surface area contributed by atoms with Crippen LogP contribution in [0.4, 0.5) is 19.0 Å². The van der Waals surface area contributed by atoms with Gasteiger partial charge in [0.25, 0.3) is 0 Å². The maximum absolute atomic E-state index is 12.6. The lowest BCUT2D eigenvalue weighted by atomic mass is 10.3. The second-order valence-corrected chi connectivity index (χ2v) is 5.11. The number of rotatable bonds is 1. The summed E-state index contributed by atoms with van der Waals surface area (Å²) in [5.74, 6) is 0.352. The molecule has 0 radical (unpaired) electrons. The Morgan fingerprint density at radius 3 is 2.53 bits per heavy atom. The molecule has 2 heterocycles. The molecule has 1 aliphatic rings. The standard InChI is InChI=1S/C10H11F3IN3/c1-6-3-4-7(2)16(6)9-5-8(14)17(15-9)10(11,12)13/h3,5,7H,4H2,1-2H3. The van der Waals surface area contributed by atoms with E-state index < -0.39 is 6.30 Å². The number of anilines is 1. The first kappa shape index (κ1) is 12.7. The van der Waals surface area contributed by atoms with Crippen LogP contribution in [0.1, 0.15) is 20.3 Å². The van der Waals surface area contributed by atoms with E-state index in [-0.39, 0.29) is 14.4 Å². The fraction of sp³-hybridized carbons (Fsp3) is 0.500. The first-order chi connectivity index (χ1) is 7.80. The van der Waals surface area contributed by atoms with Crippen molar-refractivity contribution in [2.24, 2.45) is 0 Å². The van der Waals surface area contributed by atoms with Gasteiger partial charge in [-0.3, -0.25) is 0 Å². The SMILES string of the molecule is CC1=CCC(C)N1c1cc(I)n(C(F)(F)F)n1. The van der Waals surface area contributed by atoms with Gasteiger partial charge < -0.3 is 4.90 Å². The van der Waals surface area contributed by atoms with Gasteiger partial charge in [0.2, 0.25) is 0 Å². The molecule has 2 rings (SSSR count). The normalized spacial score (nSPS) is 20.9. The predicted molar refractivity (Wildman–Crippen MR) is 66.6 cm³/mol. The predicted octanol–water partition coefficient (Wildman–Crippen LogP) is 3.47. The van der Waals surface area contributed by atoms with E-state index in [0.717, 1.165) is 12.1 Å². The summed E-state index contributed by atoms with van der Waals surface area (Å²) in [4.78, 5) is 1.82. The molecule has 0 saturated heterocycles. The van der Waals surface area contributed by atoms with E-state index in [9.17, 15) is 13.2 Å². The Labute approximate surface area is 110 Å². The third kappa shape index (κ3) is 2.29. The zero-order chi connectivity index (χ0) is 12.8. The summed E-state index contributed by atoms with van der Waals surface area (Å²) in [6.45, 7) is 3.84. The van der Waals surface area contributed by atoms with E-state index in [1.807, 2.05) is 24.8 Å². The van der Waals surface area contributed by atoms with Crippen LogP contribution in [0.2, 0.25) is 0 Å². The third-order valence-corrected chi connectivity index (χ3v) is 3.48. The molecule has 0 fully saturated rings. The molecule has 0 saturated carbocycles. The van der Waals surface area contributed by atoms with Crippen LogP contribution in [0.25, 0.3) is 0 Å². The van der Waals surface area contributed by atoms with E-state index in [4.69, 9.17) is 0 Å². The van der Waals surface area contributed by atoms with Crippen molar-refractivity contribution in [3.8, 4) is 0 Å². The Balaban J connectivity index is 2.39. The van der Waals surface area contributed by atoms with Crippen LogP contribution in [0, 0.1) is 3.70 Å². The number of halogens is 4. The Morgan fingerprint density at radius 2 is 2.12 bits per heavy atom. The van der Waals surface area contributed by atoms with Crippen molar-refractivity contribution < 1.29 is 13.2 Å². The van der Waals surface area contributed by atoms with Crippen molar-refractivity contribution in [3.05, 3.63) is 21.5 Å². The third-order valence-electron chi connectivity index (χ3n) is 2.72. The number of alkyl halides is 3. The number of hydrogen-bond donors (Lipinski definition) is 0. The van der Waals surface area contributed by atoms with E-state index >= 15 is 0 Å². The van der Waals surface area contributed by atoms with Crippen molar-refractivity contribution in [1.82, 2.24) is 9.78 Å². The van der Waals surface area contributed by atoms with Crippen LogP contribution in [0.5, 0.6) is 0 Å². The summed E-state index contributed by atoms with van der Waals surface area (Å²) in [5, 5.41) is 3.63. The van der Waals surface area contributed by atoms with E-state index in [1.165, 1.54) is 6.07 Å². The van der Waals surface area contributed by atoms with Crippen molar-refractivity contribution in [1.29, 1.82) is 0 Å². The van der Waals surface area contributed by atoms with Crippen LogP contribution in [0.15, 0.2) is 17.8 Å². The lowest BCUT2D eigenvalue weighted by Crippen LogP contribution is -2.27. The highest BCUT2D eigenvalue weighted by Gasteiger charge is 2.35. The minimum atomic E-state index is -4.46. The molecule has 94 valence electrons. The molecule has 0 N–H and O–H groups in total. The highest BCUT2D eigenvalue weighted by atomic mass is 127. The maximum Gasteiger partial charge on any atom is 0.505 e. The highest BCUT2D eigenvalue weighted by Crippen LogP contribution is 2.32. The summed E-state index contributed by atoms with van der Waals surface area (Å²) < 4.78 is 38.0. The molecule has 0 spiro atoms. The van der Waals surface area contributed by atoms with Gasteiger partial charge in [-0.1, -0.05) is 6.08 Å². The molecule has 3 nitrogen and oxygen atoms in total. The van der Waals surface area contributed by atoms with Gasteiger partial charge >= 0.3 is 6.30 Å². The quantitative estimate of drug-likeness (QED) is 0.718. The van der Waals surface area contributed by atoms with Gasteiger partial charge in [0, 0.05) is 17.8 Å². The zero-order valence-corrected chi connectivity index (χ0v) is 11.5. The molecule has 7 heteroatoms. The second kappa shape index (κ2) is 4.18. The molecule has 1 aromatic heterocycles. The van der Waals surface area contributed by atoms with Crippen molar-refractivity contribution >= 4 is 28.4 Å². The minimum Gasteiger partial charge on any atom is -0.326 e. The Hall–Kier alpha value is -0.730. The molecule has 0 bridgehead atoms. The van der Waals surface area contributed by atoms with E-state index in [1.54, 1.807) is 22.6 Å². The molecule has 0 aliphatic carbocycles. The summed E-state index contributed by atoms with van der Waals surface area (Å²) in [6, 6.07) is 1.61. The van der Waals surface area contributed by atoms with Gasteiger partial charge in [-0.2, -0.15) is 4.68 Å². The molecule has 0 amide bonds. The van der Waals surface area contributed by atoms with Gasteiger partial charge in [0.15, 0.2) is 5.82 Å². The first-order valence-electron chi connectivity index (χ1n) is 5.09. The van der Waals surface area contributed by atoms with Gasteiger partial charge in [0.05, 0.1) is 0 Å². The molecule has 1 aliphatic heterocycles. The number of nitrogens with zero attached hydrogens (tertiary/aromatic N) is 3. The lowest BCUT2D eigenvalue weighted by molar-refractivity contribution is -0.213. The molecule has 1 aromatic rings. The van der Waals surface area contributed by atoms with E-state index in [2.05, 4.69) is 5.10 Å². The molecule has 17 heavy (non-hydrogen) atoms. The zero-order valence-electron chi connectivity index (χ0n) is 9.29. The highest BCUT2D eigenvalue weighted by molar-refractivity contribution is 14.1. The van der Waals surface area contributed by atoms with Gasteiger partial charge in [0.1, 0.15) is 3.70 Å². The van der Waals surface area contributed by atoms with E-state index in [0.29, 0.717) is 5.82 Å². The maximum atomic E-state index is 12.6. The molecular weight excluding hydrogens is 346 g/mol. The van der Waals surface area contributed by atoms with Crippen LogP contribution in [0.3, 0.4) is 0 Å². The fourth-order valence-corrected chi connectivity index (χ4v) is 2.60. The van der Waals surface area contributed by atoms with Crippen molar-refractivity contribution in [2.75, 3.05) is 4.90 Å². The van der Waals surface area contributed by atoms with Crippen LogP contribution in [-0.4, -0.2) is 15.8 Å². The number of hydrogen-bond acceptors (Lipinski definition) is 2. The fourth-order valence-electron chi connectivity index (χ4n) is 1.94. The molecule has 0 aromatic carbocycles. The number of allylic oxidation sites excluding steroid dienone is 1. The Bertz CT molecular complexity index is 464. The molecule has 1 atom stereocenters. The van der Waals surface area contributed by atoms with Crippen LogP contribution < -0.4 is 4.90 Å². The molecular formula is C10H11F3IN3. The summed E-state index contributed by atoms with van der Waals surface area (Å²) >= 11 is 1.64. The topological polar surface area (TPSA) is 21.1 Å². The summed E-state index contributed by atoms with van der Waals surface area (Å²) in [5.41, 5.74) is 0.945.